The highest BCUT2D eigenvalue weighted by Crippen LogP contribution is 2.24. The first-order valence-electron chi connectivity index (χ1n) is 7.37. The minimum atomic E-state index is -0.228. The molecule has 1 rings (SSSR count). The van der Waals surface area contributed by atoms with E-state index in [0.29, 0.717) is 13.2 Å². The Bertz CT molecular complexity index is 453. The summed E-state index contributed by atoms with van der Waals surface area (Å²) in [5, 5.41) is 5.61. The Morgan fingerprint density at radius 3 is 2.10 bits per heavy atom. The van der Waals surface area contributed by atoms with Crippen LogP contribution in [0.2, 0.25) is 0 Å². The third-order valence-electron chi connectivity index (χ3n) is 2.87. The van der Waals surface area contributed by atoms with E-state index in [9.17, 15) is 4.79 Å². The fraction of sp³-hybridized carbons (Fsp3) is 0.588. The molecule has 0 aliphatic heterocycles. The molecule has 0 fully saturated rings. The number of hydrogen-bond acceptors (Lipinski definition) is 2. The molecule has 2 amide bonds. The molecule has 0 radical (unpaired) electrons. The van der Waals surface area contributed by atoms with E-state index < -0.39 is 0 Å². The second-order valence-electron chi connectivity index (χ2n) is 7.25. The first-order valence-corrected chi connectivity index (χ1v) is 7.37. The van der Waals surface area contributed by atoms with E-state index in [1.54, 1.807) is 0 Å². The summed E-state index contributed by atoms with van der Waals surface area (Å²) < 4.78 is 5.61. The number of rotatable bonds is 4. The average molecular weight is 292 g/mol. The zero-order valence-electron chi connectivity index (χ0n) is 14.0. The molecule has 0 aromatic heterocycles. The zero-order valence-corrected chi connectivity index (χ0v) is 14.0. The lowest BCUT2D eigenvalue weighted by molar-refractivity contribution is 0.228. The SMILES string of the molecule is CC(C)(C)NC(=O)NCCOc1ccc(C(C)(C)C)cc1. The Labute approximate surface area is 128 Å². The van der Waals surface area contributed by atoms with Crippen molar-refractivity contribution in [3.8, 4) is 5.75 Å². The van der Waals surface area contributed by atoms with E-state index in [2.05, 4.69) is 43.5 Å². The summed E-state index contributed by atoms with van der Waals surface area (Å²) in [4.78, 5) is 11.5. The maximum Gasteiger partial charge on any atom is 0.315 e. The second kappa shape index (κ2) is 6.83. The van der Waals surface area contributed by atoms with Gasteiger partial charge < -0.3 is 15.4 Å². The van der Waals surface area contributed by atoms with Gasteiger partial charge in [0.15, 0.2) is 0 Å². The first-order chi connectivity index (χ1) is 9.58. The molecule has 1 aromatic rings. The summed E-state index contributed by atoms with van der Waals surface area (Å²) in [6.07, 6.45) is 0. The van der Waals surface area contributed by atoms with Crippen LogP contribution in [0.25, 0.3) is 0 Å². The summed E-state index contributed by atoms with van der Waals surface area (Å²) in [5.74, 6) is 0.820. The molecular weight excluding hydrogens is 264 g/mol. The quantitative estimate of drug-likeness (QED) is 0.835. The Morgan fingerprint density at radius 1 is 1.05 bits per heavy atom. The second-order valence-corrected chi connectivity index (χ2v) is 7.25. The van der Waals surface area contributed by atoms with Crippen LogP contribution in [0.5, 0.6) is 5.75 Å². The maximum atomic E-state index is 11.5. The van der Waals surface area contributed by atoms with Gasteiger partial charge in [0.1, 0.15) is 12.4 Å². The fourth-order valence-electron chi connectivity index (χ4n) is 1.77. The van der Waals surface area contributed by atoms with Gasteiger partial charge in [-0.15, -0.1) is 0 Å². The lowest BCUT2D eigenvalue weighted by Gasteiger charge is -2.21. The molecule has 21 heavy (non-hydrogen) atoms. The molecule has 0 unspecified atom stereocenters. The summed E-state index contributed by atoms with van der Waals surface area (Å²) in [5.41, 5.74) is 1.19. The standard InChI is InChI=1S/C17H28N2O2/c1-16(2,3)13-7-9-14(10-8-13)21-12-11-18-15(20)19-17(4,5)6/h7-10H,11-12H2,1-6H3,(H2,18,19,20). The van der Waals surface area contributed by atoms with Gasteiger partial charge >= 0.3 is 6.03 Å². The van der Waals surface area contributed by atoms with Crippen molar-refractivity contribution in [1.82, 2.24) is 10.6 Å². The minimum absolute atomic E-state index is 0.144. The molecule has 0 bridgehead atoms. The van der Waals surface area contributed by atoms with E-state index in [-0.39, 0.29) is 17.0 Å². The number of carbonyl (C=O) groups is 1. The lowest BCUT2D eigenvalue weighted by Crippen LogP contribution is -2.47. The van der Waals surface area contributed by atoms with Crippen LogP contribution in [0, 0.1) is 0 Å². The van der Waals surface area contributed by atoms with Crippen LogP contribution >= 0.6 is 0 Å². The van der Waals surface area contributed by atoms with Crippen LogP contribution < -0.4 is 15.4 Å². The molecular formula is C17H28N2O2. The molecule has 0 heterocycles. The fourth-order valence-corrected chi connectivity index (χ4v) is 1.77. The van der Waals surface area contributed by atoms with Crippen molar-refractivity contribution in [3.63, 3.8) is 0 Å². The molecule has 4 heteroatoms. The van der Waals surface area contributed by atoms with Crippen molar-refractivity contribution in [3.05, 3.63) is 29.8 Å². The number of nitrogens with one attached hydrogen (secondary N) is 2. The van der Waals surface area contributed by atoms with Crippen LogP contribution in [0.4, 0.5) is 4.79 Å². The summed E-state index contributed by atoms with van der Waals surface area (Å²) in [7, 11) is 0. The van der Waals surface area contributed by atoms with Crippen LogP contribution in [0.15, 0.2) is 24.3 Å². The van der Waals surface area contributed by atoms with Gasteiger partial charge in [-0.25, -0.2) is 4.79 Å². The number of hydrogen-bond donors (Lipinski definition) is 2. The smallest absolute Gasteiger partial charge is 0.315 e. The molecule has 1 aromatic carbocycles. The van der Waals surface area contributed by atoms with Gasteiger partial charge in [-0.2, -0.15) is 0 Å². The highest BCUT2D eigenvalue weighted by Gasteiger charge is 2.14. The van der Waals surface area contributed by atoms with Crippen molar-refractivity contribution in [1.29, 1.82) is 0 Å². The van der Waals surface area contributed by atoms with Crippen LogP contribution in [0.3, 0.4) is 0 Å². The molecule has 0 spiro atoms. The van der Waals surface area contributed by atoms with Gasteiger partial charge in [-0.1, -0.05) is 32.9 Å². The number of benzene rings is 1. The van der Waals surface area contributed by atoms with Crippen molar-refractivity contribution < 1.29 is 9.53 Å². The lowest BCUT2D eigenvalue weighted by atomic mass is 9.87. The first kappa shape index (κ1) is 17.3. The van der Waals surface area contributed by atoms with Crippen LogP contribution in [0.1, 0.15) is 47.1 Å². The van der Waals surface area contributed by atoms with Gasteiger partial charge in [-0.3, -0.25) is 0 Å². The topological polar surface area (TPSA) is 50.4 Å². The Kier molecular flexibility index (Phi) is 5.64. The third-order valence-corrected chi connectivity index (χ3v) is 2.87. The Hall–Kier alpha value is -1.71. The normalized spacial score (nSPS) is 11.9. The van der Waals surface area contributed by atoms with Gasteiger partial charge in [0, 0.05) is 5.54 Å². The molecule has 4 nitrogen and oxygen atoms in total. The van der Waals surface area contributed by atoms with Crippen molar-refractivity contribution in [2.45, 2.75) is 52.5 Å². The summed E-state index contributed by atoms with van der Waals surface area (Å²) in [6.45, 7) is 13.3. The van der Waals surface area contributed by atoms with Gasteiger partial charge in [-0.05, 0) is 43.9 Å². The number of urea groups is 1. The Morgan fingerprint density at radius 2 is 1.62 bits per heavy atom. The molecule has 0 atom stereocenters. The number of carbonyl (C=O) groups excluding carboxylic acids is 1. The highest BCUT2D eigenvalue weighted by atomic mass is 16.5. The Balaban J connectivity index is 2.32. The van der Waals surface area contributed by atoms with Gasteiger partial charge in [0.05, 0.1) is 6.54 Å². The predicted molar refractivity (Wildman–Crippen MR) is 86.9 cm³/mol. The van der Waals surface area contributed by atoms with Crippen molar-refractivity contribution in [2.24, 2.45) is 0 Å². The largest absolute Gasteiger partial charge is 0.492 e. The molecule has 0 saturated heterocycles. The summed E-state index contributed by atoms with van der Waals surface area (Å²) in [6, 6.07) is 7.92. The minimum Gasteiger partial charge on any atom is -0.492 e. The van der Waals surface area contributed by atoms with Crippen molar-refractivity contribution >= 4 is 6.03 Å². The van der Waals surface area contributed by atoms with Gasteiger partial charge in [0.25, 0.3) is 0 Å². The van der Waals surface area contributed by atoms with Crippen molar-refractivity contribution in [2.75, 3.05) is 13.2 Å². The van der Waals surface area contributed by atoms with E-state index in [1.807, 2.05) is 32.9 Å². The predicted octanol–water partition coefficient (Wildman–Crippen LogP) is 3.46. The monoisotopic (exact) mass is 292 g/mol. The van der Waals surface area contributed by atoms with Crippen LogP contribution in [-0.2, 0) is 5.41 Å². The molecule has 2 N–H and O–H groups in total. The summed E-state index contributed by atoms with van der Waals surface area (Å²) >= 11 is 0. The number of amides is 2. The van der Waals surface area contributed by atoms with E-state index in [0.717, 1.165) is 5.75 Å². The molecule has 0 aliphatic carbocycles. The molecule has 118 valence electrons. The average Bonchev–Trinajstić information content (AvgIpc) is 2.32. The highest BCUT2D eigenvalue weighted by molar-refractivity contribution is 5.74. The van der Waals surface area contributed by atoms with Crippen LogP contribution in [-0.4, -0.2) is 24.7 Å². The zero-order chi connectivity index (χ0) is 16.1. The van der Waals surface area contributed by atoms with E-state index >= 15 is 0 Å². The third kappa shape index (κ3) is 7.02. The maximum absolute atomic E-state index is 11.5. The van der Waals surface area contributed by atoms with Gasteiger partial charge in [0.2, 0.25) is 0 Å². The molecule has 0 aliphatic rings. The van der Waals surface area contributed by atoms with E-state index in [1.165, 1.54) is 5.56 Å². The number of ether oxygens (including phenoxy) is 1. The molecule has 0 saturated carbocycles. The van der Waals surface area contributed by atoms with E-state index in [4.69, 9.17) is 4.74 Å².